The van der Waals surface area contributed by atoms with Crippen LogP contribution in [0.5, 0.6) is 0 Å². The molecule has 5 heteroatoms. The lowest BCUT2D eigenvalue weighted by Crippen LogP contribution is -2.54. The molecule has 1 aliphatic heterocycles. The molecule has 1 saturated heterocycles. The van der Waals surface area contributed by atoms with E-state index in [4.69, 9.17) is 0 Å². The van der Waals surface area contributed by atoms with Crippen molar-refractivity contribution in [2.75, 3.05) is 20.1 Å². The van der Waals surface area contributed by atoms with Gasteiger partial charge in [0, 0.05) is 39.0 Å². The number of nitrogens with zero attached hydrogens (tertiary/aromatic N) is 2. The summed E-state index contributed by atoms with van der Waals surface area (Å²) < 4.78 is 0. The van der Waals surface area contributed by atoms with Crippen molar-refractivity contribution in [1.82, 2.24) is 15.2 Å². The van der Waals surface area contributed by atoms with E-state index in [0.717, 1.165) is 36.1 Å². The van der Waals surface area contributed by atoms with E-state index >= 15 is 0 Å². The zero-order valence-corrected chi connectivity index (χ0v) is 17.6. The van der Waals surface area contributed by atoms with Gasteiger partial charge in [-0.1, -0.05) is 38.1 Å². The molecule has 1 unspecified atom stereocenters. The summed E-state index contributed by atoms with van der Waals surface area (Å²) in [5, 5.41) is 2.86. The van der Waals surface area contributed by atoms with Gasteiger partial charge in [0.25, 0.3) is 0 Å². The van der Waals surface area contributed by atoms with E-state index in [-0.39, 0.29) is 11.8 Å². The highest BCUT2D eigenvalue weighted by molar-refractivity contribution is 5.85. The van der Waals surface area contributed by atoms with Crippen LogP contribution in [0.3, 0.4) is 0 Å². The minimum atomic E-state index is -0.587. The van der Waals surface area contributed by atoms with Crippen molar-refractivity contribution in [2.45, 2.75) is 39.5 Å². The van der Waals surface area contributed by atoms with Crippen molar-refractivity contribution in [3.8, 4) is 11.1 Å². The predicted molar refractivity (Wildman–Crippen MR) is 115 cm³/mol. The van der Waals surface area contributed by atoms with Crippen LogP contribution in [-0.2, 0) is 16.0 Å². The lowest BCUT2D eigenvalue weighted by atomic mass is 9.74. The molecule has 1 N–H and O–H groups in total. The maximum absolute atomic E-state index is 13.0. The molecule has 0 radical (unpaired) electrons. The van der Waals surface area contributed by atoms with E-state index in [9.17, 15) is 9.59 Å². The number of carbonyl (C=O) groups excluding carboxylic acids is 2. The molecule has 0 aliphatic carbocycles. The van der Waals surface area contributed by atoms with Gasteiger partial charge in [0.1, 0.15) is 0 Å². The van der Waals surface area contributed by atoms with Gasteiger partial charge in [-0.15, -0.1) is 0 Å². The number of pyridine rings is 1. The Kier molecular flexibility index (Phi) is 6.68. The van der Waals surface area contributed by atoms with Crippen molar-refractivity contribution >= 4 is 11.8 Å². The van der Waals surface area contributed by atoms with Crippen LogP contribution in [0.1, 0.15) is 38.7 Å². The lowest BCUT2D eigenvalue weighted by molar-refractivity contribution is -0.141. The van der Waals surface area contributed by atoms with Crippen molar-refractivity contribution in [2.24, 2.45) is 11.3 Å². The quantitative estimate of drug-likeness (QED) is 0.814. The largest absolute Gasteiger partial charge is 0.359 e. The van der Waals surface area contributed by atoms with Crippen LogP contribution in [0.25, 0.3) is 11.1 Å². The minimum absolute atomic E-state index is 0.0221. The molecule has 2 amide bonds. The molecule has 0 bridgehead atoms. The van der Waals surface area contributed by atoms with Crippen LogP contribution >= 0.6 is 0 Å². The summed E-state index contributed by atoms with van der Waals surface area (Å²) in [4.78, 5) is 31.6. The highest BCUT2D eigenvalue weighted by atomic mass is 16.2. The second-order valence-electron chi connectivity index (χ2n) is 8.49. The van der Waals surface area contributed by atoms with Crippen LogP contribution in [0, 0.1) is 11.3 Å². The third kappa shape index (κ3) is 5.03. The molecule has 5 nitrogen and oxygen atoms in total. The Bertz CT molecular complexity index is 850. The predicted octanol–water partition coefficient (Wildman–Crippen LogP) is 3.69. The van der Waals surface area contributed by atoms with Crippen molar-refractivity contribution in [3.63, 3.8) is 0 Å². The first kappa shape index (κ1) is 21.0. The molecule has 3 rings (SSSR count). The second kappa shape index (κ2) is 9.21. The van der Waals surface area contributed by atoms with Gasteiger partial charge >= 0.3 is 0 Å². The normalized spacial score (nSPS) is 19.2. The molecule has 1 atom stereocenters. The molecule has 1 aliphatic rings. The average molecular weight is 394 g/mol. The van der Waals surface area contributed by atoms with E-state index < -0.39 is 5.41 Å². The smallest absolute Gasteiger partial charge is 0.228 e. The number of benzene rings is 1. The van der Waals surface area contributed by atoms with Gasteiger partial charge in [0.15, 0.2) is 0 Å². The number of likely N-dealkylation sites (tertiary alicyclic amines) is 1. The van der Waals surface area contributed by atoms with Gasteiger partial charge in [-0.3, -0.25) is 14.6 Å². The first-order valence-electron chi connectivity index (χ1n) is 10.4. The fraction of sp³-hybridized carbons (Fsp3) is 0.458. The first-order valence-corrected chi connectivity index (χ1v) is 10.4. The maximum Gasteiger partial charge on any atom is 0.228 e. The number of rotatable bonds is 6. The lowest BCUT2D eigenvalue weighted by Gasteiger charge is -2.42. The Morgan fingerprint density at radius 1 is 1.17 bits per heavy atom. The van der Waals surface area contributed by atoms with E-state index in [1.165, 1.54) is 0 Å². The van der Waals surface area contributed by atoms with E-state index in [1.54, 1.807) is 19.4 Å². The molecule has 2 heterocycles. The summed E-state index contributed by atoms with van der Waals surface area (Å²) in [6.07, 6.45) is 6.36. The number of piperidine rings is 1. The van der Waals surface area contributed by atoms with Crippen LogP contribution in [0.15, 0.2) is 48.8 Å². The van der Waals surface area contributed by atoms with E-state index in [2.05, 4.69) is 42.3 Å². The zero-order valence-electron chi connectivity index (χ0n) is 17.6. The Balaban J connectivity index is 1.86. The Morgan fingerprint density at radius 3 is 2.62 bits per heavy atom. The Labute approximate surface area is 173 Å². The van der Waals surface area contributed by atoms with Crippen LogP contribution in [-0.4, -0.2) is 41.8 Å². The summed E-state index contributed by atoms with van der Waals surface area (Å²) in [5.41, 5.74) is 2.74. The number of hydrogen-bond donors (Lipinski definition) is 1. The van der Waals surface area contributed by atoms with E-state index in [0.29, 0.717) is 25.3 Å². The monoisotopic (exact) mass is 393 g/mol. The molecule has 2 aromatic rings. The summed E-state index contributed by atoms with van der Waals surface area (Å²) >= 11 is 0. The minimum Gasteiger partial charge on any atom is -0.359 e. The zero-order chi connectivity index (χ0) is 20.9. The summed E-state index contributed by atoms with van der Waals surface area (Å²) in [6.45, 7) is 5.33. The van der Waals surface area contributed by atoms with Gasteiger partial charge in [0.05, 0.1) is 5.41 Å². The SMILES string of the molecule is CNC(=O)C1(Cc2cccc(-c3ccncc3)c2)CCCN(C(=O)CC(C)C)C1. The molecule has 0 spiro atoms. The molecule has 1 aromatic carbocycles. The van der Waals surface area contributed by atoms with Gasteiger partial charge in [-0.2, -0.15) is 0 Å². The second-order valence-corrected chi connectivity index (χ2v) is 8.49. The summed E-state index contributed by atoms with van der Waals surface area (Å²) in [5.74, 6) is 0.489. The fourth-order valence-corrected chi connectivity index (χ4v) is 4.29. The van der Waals surface area contributed by atoms with Gasteiger partial charge in [0.2, 0.25) is 11.8 Å². The molecule has 154 valence electrons. The van der Waals surface area contributed by atoms with Crippen LogP contribution < -0.4 is 5.32 Å². The van der Waals surface area contributed by atoms with Gasteiger partial charge in [-0.25, -0.2) is 0 Å². The van der Waals surface area contributed by atoms with Crippen molar-refractivity contribution in [3.05, 3.63) is 54.4 Å². The molecule has 0 saturated carbocycles. The number of nitrogens with one attached hydrogen (secondary N) is 1. The third-order valence-electron chi connectivity index (χ3n) is 5.70. The van der Waals surface area contributed by atoms with Gasteiger partial charge in [-0.05, 0) is 54.0 Å². The van der Waals surface area contributed by atoms with Gasteiger partial charge < -0.3 is 10.2 Å². The average Bonchev–Trinajstić information content (AvgIpc) is 2.73. The van der Waals surface area contributed by atoms with E-state index in [1.807, 2.05) is 23.1 Å². The van der Waals surface area contributed by atoms with Crippen molar-refractivity contribution < 1.29 is 9.59 Å². The molecular weight excluding hydrogens is 362 g/mol. The maximum atomic E-state index is 13.0. The van der Waals surface area contributed by atoms with Crippen molar-refractivity contribution in [1.29, 1.82) is 0 Å². The highest BCUT2D eigenvalue weighted by Crippen LogP contribution is 2.35. The fourth-order valence-electron chi connectivity index (χ4n) is 4.29. The molecule has 29 heavy (non-hydrogen) atoms. The summed E-state index contributed by atoms with van der Waals surface area (Å²) in [6, 6.07) is 12.3. The molecule has 1 fully saturated rings. The topological polar surface area (TPSA) is 62.3 Å². The number of carbonyl (C=O) groups is 2. The Morgan fingerprint density at radius 2 is 1.93 bits per heavy atom. The van der Waals surface area contributed by atoms with Crippen LogP contribution in [0.2, 0.25) is 0 Å². The molecular formula is C24H31N3O2. The van der Waals surface area contributed by atoms with Crippen LogP contribution in [0.4, 0.5) is 0 Å². The highest BCUT2D eigenvalue weighted by Gasteiger charge is 2.43. The third-order valence-corrected chi connectivity index (χ3v) is 5.70. The Hall–Kier alpha value is -2.69. The first-order chi connectivity index (χ1) is 13.9. The summed E-state index contributed by atoms with van der Waals surface area (Å²) in [7, 11) is 1.69. The standard InChI is InChI=1S/C24H31N3O2/c1-18(2)14-22(28)27-13-5-10-24(17-27,23(29)25-3)16-19-6-4-7-21(15-19)20-8-11-26-12-9-20/h4,6-9,11-12,15,18H,5,10,13-14,16-17H2,1-3H3,(H,25,29). The number of hydrogen-bond acceptors (Lipinski definition) is 3. The number of amides is 2. The molecule has 1 aromatic heterocycles. The number of aromatic nitrogens is 1.